The average molecular weight is 349 g/mol. The number of nitrogens with zero attached hydrogens (tertiary/aromatic N) is 1. The summed E-state index contributed by atoms with van der Waals surface area (Å²) >= 11 is 6.08. The zero-order chi connectivity index (χ0) is 16.8. The van der Waals surface area contributed by atoms with Crippen molar-refractivity contribution in [2.75, 3.05) is 32.8 Å². The number of benzene rings is 1. The van der Waals surface area contributed by atoms with Crippen LogP contribution in [-0.2, 0) is 9.53 Å². The molecule has 0 bridgehead atoms. The Morgan fingerprint density at radius 3 is 2.79 bits per heavy atom. The number of nitrogens with one attached hydrogen (secondary N) is 1. The van der Waals surface area contributed by atoms with Crippen LogP contribution in [0.5, 0.6) is 0 Å². The van der Waals surface area contributed by atoms with Crippen LogP contribution in [0.1, 0.15) is 24.8 Å². The van der Waals surface area contributed by atoms with Crippen molar-refractivity contribution < 1.29 is 9.53 Å². The molecule has 0 aromatic heterocycles. The second-order valence-electron chi connectivity index (χ2n) is 6.60. The summed E-state index contributed by atoms with van der Waals surface area (Å²) in [7, 11) is 0. The van der Waals surface area contributed by atoms with E-state index in [0.29, 0.717) is 17.0 Å². The molecule has 1 unspecified atom stereocenters. The Balaban J connectivity index is 1.38. The average Bonchev–Trinajstić information content (AvgIpc) is 3.14. The Labute approximate surface area is 148 Å². The first-order valence-electron chi connectivity index (χ1n) is 8.74. The first kappa shape index (κ1) is 17.5. The molecule has 3 rings (SSSR count). The third-order valence-electron chi connectivity index (χ3n) is 4.96. The van der Waals surface area contributed by atoms with Crippen molar-refractivity contribution in [1.82, 2.24) is 10.2 Å². The maximum atomic E-state index is 12.0. The van der Waals surface area contributed by atoms with Gasteiger partial charge in [-0.1, -0.05) is 29.8 Å². The highest BCUT2D eigenvalue weighted by atomic mass is 35.5. The fourth-order valence-corrected chi connectivity index (χ4v) is 3.61. The van der Waals surface area contributed by atoms with Crippen LogP contribution in [0.3, 0.4) is 0 Å². The molecule has 1 amide bonds. The van der Waals surface area contributed by atoms with Crippen molar-refractivity contribution in [3.63, 3.8) is 0 Å². The van der Waals surface area contributed by atoms with Crippen molar-refractivity contribution >= 4 is 23.6 Å². The summed E-state index contributed by atoms with van der Waals surface area (Å²) in [5.74, 6) is 0.516. The topological polar surface area (TPSA) is 41.6 Å². The van der Waals surface area contributed by atoms with Crippen LogP contribution in [0.15, 0.2) is 30.3 Å². The molecule has 0 radical (unpaired) electrons. The lowest BCUT2D eigenvalue weighted by molar-refractivity contribution is -0.116. The molecule has 2 fully saturated rings. The Bertz CT molecular complexity index is 576. The maximum absolute atomic E-state index is 12.0. The van der Waals surface area contributed by atoms with Gasteiger partial charge in [-0.2, -0.15) is 0 Å². The van der Waals surface area contributed by atoms with Crippen LogP contribution in [-0.4, -0.2) is 49.7 Å². The highest BCUT2D eigenvalue weighted by molar-refractivity contribution is 6.32. The van der Waals surface area contributed by atoms with Crippen LogP contribution in [0.4, 0.5) is 0 Å². The smallest absolute Gasteiger partial charge is 0.244 e. The summed E-state index contributed by atoms with van der Waals surface area (Å²) in [5.41, 5.74) is 0.862. The molecule has 1 atom stereocenters. The van der Waals surface area contributed by atoms with Crippen LogP contribution in [0.2, 0.25) is 5.02 Å². The van der Waals surface area contributed by atoms with E-state index < -0.39 is 0 Å². The fraction of sp³-hybridized carbons (Fsp3) is 0.526. The molecular formula is C19H25ClN2O2. The maximum Gasteiger partial charge on any atom is 0.244 e. The van der Waals surface area contributed by atoms with Gasteiger partial charge in [-0.05, 0) is 56.0 Å². The van der Waals surface area contributed by atoms with Crippen molar-refractivity contribution in [3.8, 4) is 0 Å². The van der Waals surface area contributed by atoms with E-state index in [9.17, 15) is 4.79 Å². The van der Waals surface area contributed by atoms with E-state index in [2.05, 4.69) is 10.2 Å². The molecule has 5 heteroatoms. The van der Waals surface area contributed by atoms with E-state index in [1.165, 1.54) is 0 Å². The van der Waals surface area contributed by atoms with Crippen LogP contribution in [0, 0.1) is 5.92 Å². The summed E-state index contributed by atoms with van der Waals surface area (Å²) < 4.78 is 5.47. The third kappa shape index (κ3) is 4.82. The van der Waals surface area contributed by atoms with Crippen molar-refractivity contribution in [1.29, 1.82) is 0 Å². The summed E-state index contributed by atoms with van der Waals surface area (Å²) in [4.78, 5) is 14.5. The SMILES string of the molecule is O=C(/C=C/c1ccccc1Cl)NCC1CCN(C2CCOC2)CC1. The predicted octanol–water partition coefficient (Wildman–Crippen LogP) is 2.97. The van der Waals surface area contributed by atoms with Crippen molar-refractivity contribution in [2.24, 2.45) is 5.92 Å². The molecule has 1 aromatic carbocycles. The lowest BCUT2D eigenvalue weighted by atomic mass is 9.95. The van der Waals surface area contributed by atoms with Crippen LogP contribution >= 0.6 is 11.6 Å². The standard InChI is InChI=1S/C19H25ClN2O2/c20-18-4-2-1-3-16(18)5-6-19(23)21-13-15-7-10-22(11-8-15)17-9-12-24-14-17/h1-6,15,17H,7-14H2,(H,21,23)/b6-5+. The minimum absolute atomic E-state index is 0.0541. The number of hydrogen-bond donors (Lipinski definition) is 1. The fourth-order valence-electron chi connectivity index (χ4n) is 3.41. The molecule has 1 aromatic rings. The number of hydrogen-bond acceptors (Lipinski definition) is 3. The number of likely N-dealkylation sites (tertiary alicyclic amines) is 1. The van der Waals surface area contributed by atoms with E-state index in [0.717, 1.165) is 57.7 Å². The van der Waals surface area contributed by atoms with E-state index >= 15 is 0 Å². The highest BCUT2D eigenvalue weighted by Gasteiger charge is 2.27. The summed E-state index contributed by atoms with van der Waals surface area (Å²) in [6.45, 7) is 4.77. The second kappa shape index (κ2) is 8.65. The number of carbonyl (C=O) groups is 1. The van der Waals surface area contributed by atoms with Gasteiger partial charge >= 0.3 is 0 Å². The zero-order valence-corrected chi connectivity index (χ0v) is 14.7. The number of rotatable bonds is 5. The normalized spacial score (nSPS) is 23.0. The van der Waals surface area contributed by atoms with E-state index in [1.54, 1.807) is 12.2 Å². The molecule has 2 saturated heterocycles. The number of piperidine rings is 1. The van der Waals surface area contributed by atoms with Gasteiger partial charge in [0.1, 0.15) is 0 Å². The molecule has 0 saturated carbocycles. The molecule has 0 spiro atoms. The summed E-state index contributed by atoms with van der Waals surface area (Å²) in [5, 5.41) is 3.67. The van der Waals surface area contributed by atoms with Gasteiger partial charge in [0, 0.05) is 30.3 Å². The molecule has 24 heavy (non-hydrogen) atoms. The molecule has 130 valence electrons. The summed E-state index contributed by atoms with van der Waals surface area (Å²) in [6, 6.07) is 8.12. The quantitative estimate of drug-likeness (QED) is 0.832. The van der Waals surface area contributed by atoms with Gasteiger partial charge in [0.25, 0.3) is 0 Å². The van der Waals surface area contributed by atoms with Gasteiger partial charge in [-0.3, -0.25) is 9.69 Å². The van der Waals surface area contributed by atoms with Crippen LogP contribution < -0.4 is 5.32 Å². The van der Waals surface area contributed by atoms with Gasteiger partial charge in [0.05, 0.1) is 6.61 Å². The predicted molar refractivity (Wildman–Crippen MR) is 97.0 cm³/mol. The minimum atomic E-state index is -0.0541. The highest BCUT2D eigenvalue weighted by Crippen LogP contribution is 2.22. The molecule has 1 N–H and O–H groups in total. The zero-order valence-electron chi connectivity index (χ0n) is 13.9. The number of ether oxygens (including phenoxy) is 1. The van der Waals surface area contributed by atoms with E-state index in [4.69, 9.17) is 16.3 Å². The summed E-state index contributed by atoms with van der Waals surface area (Å²) in [6.07, 6.45) is 6.77. The molecule has 4 nitrogen and oxygen atoms in total. The van der Waals surface area contributed by atoms with Crippen molar-refractivity contribution in [2.45, 2.75) is 25.3 Å². The van der Waals surface area contributed by atoms with Gasteiger partial charge < -0.3 is 10.1 Å². The molecule has 2 heterocycles. The molecule has 0 aliphatic carbocycles. The monoisotopic (exact) mass is 348 g/mol. The molecular weight excluding hydrogens is 324 g/mol. The number of amides is 1. The Morgan fingerprint density at radius 2 is 2.08 bits per heavy atom. The van der Waals surface area contributed by atoms with Crippen LogP contribution in [0.25, 0.3) is 6.08 Å². The molecule has 2 aliphatic rings. The van der Waals surface area contributed by atoms with Gasteiger partial charge in [-0.25, -0.2) is 0 Å². The largest absolute Gasteiger partial charge is 0.380 e. The second-order valence-corrected chi connectivity index (χ2v) is 7.00. The molecule has 2 aliphatic heterocycles. The first-order chi connectivity index (χ1) is 11.7. The lowest BCUT2D eigenvalue weighted by Gasteiger charge is -2.35. The van der Waals surface area contributed by atoms with Crippen molar-refractivity contribution in [3.05, 3.63) is 40.9 Å². The Kier molecular flexibility index (Phi) is 6.30. The minimum Gasteiger partial charge on any atom is -0.380 e. The first-order valence-corrected chi connectivity index (χ1v) is 9.12. The number of carbonyl (C=O) groups excluding carboxylic acids is 1. The third-order valence-corrected chi connectivity index (χ3v) is 5.30. The lowest BCUT2D eigenvalue weighted by Crippen LogP contribution is -2.43. The Hall–Kier alpha value is -1.36. The van der Waals surface area contributed by atoms with Gasteiger partial charge in [-0.15, -0.1) is 0 Å². The number of halogens is 1. The van der Waals surface area contributed by atoms with Gasteiger partial charge in [0.2, 0.25) is 5.91 Å². The Morgan fingerprint density at radius 1 is 1.29 bits per heavy atom. The van der Waals surface area contributed by atoms with E-state index in [1.807, 2.05) is 24.3 Å². The van der Waals surface area contributed by atoms with Gasteiger partial charge in [0.15, 0.2) is 0 Å². The van der Waals surface area contributed by atoms with E-state index in [-0.39, 0.29) is 5.91 Å².